The molecule has 0 atom stereocenters. The number of carboxylic acid groups (broad SMARTS) is 1. The Morgan fingerprint density at radius 2 is 2.16 bits per heavy atom. The van der Waals surface area contributed by atoms with Gasteiger partial charge in [-0.15, -0.1) is 10.2 Å². The molecule has 0 aromatic carbocycles. The van der Waals surface area contributed by atoms with Crippen molar-refractivity contribution >= 4 is 11.6 Å². The highest BCUT2D eigenvalue weighted by molar-refractivity contribution is 5.91. The van der Waals surface area contributed by atoms with E-state index in [-0.39, 0.29) is 11.4 Å². The molecule has 3 heterocycles. The van der Waals surface area contributed by atoms with Crippen molar-refractivity contribution < 1.29 is 9.90 Å². The molecule has 8 nitrogen and oxygen atoms in total. The predicted octanol–water partition coefficient (Wildman–Crippen LogP) is 0.829. The number of aromatic nitrogens is 6. The monoisotopic (exact) mass is 258 g/mol. The zero-order chi connectivity index (χ0) is 13.6. The number of imidazole rings is 1. The molecule has 0 radical (unpaired) electrons. The quantitative estimate of drug-likeness (QED) is 0.704. The second-order valence-electron chi connectivity index (χ2n) is 4.09. The Bertz CT molecular complexity index is 788. The average Bonchev–Trinajstić information content (AvgIpc) is 2.92. The van der Waals surface area contributed by atoms with Crippen molar-refractivity contribution in [3.8, 4) is 11.5 Å². The topological polar surface area (TPSA) is 109 Å². The maximum absolute atomic E-state index is 11.1. The summed E-state index contributed by atoms with van der Waals surface area (Å²) < 4.78 is 1.68. The Hall–Kier alpha value is -2.77. The first kappa shape index (κ1) is 11.3. The van der Waals surface area contributed by atoms with E-state index in [0.29, 0.717) is 17.3 Å². The summed E-state index contributed by atoms with van der Waals surface area (Å²) in [5.41, 5.74) is 1.66. The molecule has 0 saturated heterocycles. The lowest BCUT2D eigenvalue weighted by Crippen LogP contribution is -2.04. The molecular weight excluding hydrogens is 248 g/mol. The summed E-state index contributed by atoms with van der Waals surface area (Å²) in [7, 11) is 0. The number of aryl methyl sites for hydroxylation is 2. The van der Waals surface area contributed by atoms with Gasteiger partial charge in [0, 0.05) is 11.8 Å². The molecule has 19 heavy (non-hydrogen) atoms. The van der Waals surface area contributed by atoms with E-state index < -0.39 is 5.97 Å². The van der Waals surface area contributed by atoms with E-state index in [9.17, 15) is 4.79 Å². The van der Waals surface area contributed by atoms with Crippen LogP contribution < -0.4 is 0 Å². The Balaban J connectivity index is 2.32. The summed E-state index contributed by atoms with van der Waals surface area (Å²) in [5.74, 6) is -0.0602. The Morgan fingerprint density at radius 1 is 1.37 bits per heavy atom. The number of aromatic carboxylic acids is 1. The highest BCUT2D eigenvalue weighted by Gasteiger charge is 2.20. The standard InChI is InChI=1S/C11H10N6O2/c1-5-3-7-15-16-10(17(7)6(2)14-5)8-9(11(18)19)13-4-12-8/h3-4H,1-2H3,(H,12,13)(H,18,19). The van der Waals surface area contributed by atoms with E-state index in [1.54, 1.807) is 17.4 Å². The number of rotatable bonds is 2. The van der Waals surface area contributed by atoms with Gasteiger partial charge < -0.3 is 10.1 Å². The molecule has 0 amide bonds. The van der Waals surface area contributed by atoms with Crippen LogP contribution in [0.15, 0.2) is 12.4 Å². The van der Waals surface area contributed by atoms with Crippen molar-refractivity contribution in [3.05, 3.63) is 29.6 Å². The number of hydrogen-bond donors (Lipinski definition) is 2. The SMILES string of the molecule is Cc1cc2nnc(-c3nc[nH]c3C(=O)O)n2c(C)n1. The molecule has 0 aliphatic carbocycles. The van der Waals surface area contributed by atoms with Crippen molar-refractivity contribution in [1.29, 1.82) is 0 Å². The first-order valence-electron chi connectivity index (χ1n) is 5.54. The maximum Gasteiger partial charge on any atom is 0.354 e. The van der Waals surface area contributed by atoms with Gasteiger partial charge in [0.15, 0.2) is 17.2 Å². The van der Waals surface area contributed by atoms with E-state index in [2.05, 4.69) is 25.1 Å². The molecule has 3 aromatic heterocycles. The van der Waals surface area contributed by atoms with Gasteiger partial charge in [-0.05, 0) is 13.8 Å². The van der Waals surface area contributed by atoms with Crippen molar-refractivity contribution in [2.45, 2.75) is 13.8 Å². The number of H-pyrrole nitrogens is 1. The van der Waals surface area contributed by atoms with Crippen molar-refractivity contribution in [2.24, 2.45) is 0 Å². The van der Waals surface area contributed by atoms with E-state index in [0.717, 1.165) is 5.69 Å². The zero-order valence-corrected chi connectivity index (χ0v) is 10.2. The van der Waals surface area contributed by atoms with Crippen molar-refractivity contribution in [2.75, 3.05) is 0 Å². The van der Waals surface area contributed by atoms with E-state index in [1.807, 2.05) is 6.92 Å². The molecule has 0 bridgehead atoms. The summed E-state index contributed by atoms with van der Waals surface area (Å²) in [6.45, 7) is 3.67. The summed E-state index contributed by atoms with van der Waals surface area (Å²) >= 11 is 0. The number of fused-ring (bicyclic) bond motifs is 1. The van der Waals surface area contributed by atoms with Crippen molar-refractivity contribution in [3.63, 3.8) is 0 Å². The number of hydrogen-bond acceptors (Lipinski definition) is 5. The molecule has 3 rings (SSSR count). The lowest BCUT2D eigenvalue weighted by atomic mass is 10.3. The van der Waals surface area contributed by atoms with Crippen LogP contribution in [0.3, 0.4) is 0 Å². The Labute approximate surface area is 107 Å². The fourth-order valence-corrected chi connectivity index (χ4v) is 2.01. The third-order valence-electron chi connectivity index (χ3n) is 2.75. The molecule has 0 spiro atoms. The summed E-state index contributed by atoms with van der Waals surface area (Å²) in [6.07, 6.45) is 1.32. The predicted molar refractivity (Wildman–Crippen MR) is 64.8 cm³/mol. The first-order valence-corrected chi connectivity index (χ1v) is 5.54. The largest absolute Gasteiger partial charge is 0.477 e. The molecule has 2 N–H and O–H groups in total. The van der Waals surface area contributed by atoms with Crippen LogP contribution in [0.5, 0.6) is 0 Å². The van der Waals surface area contributed by atoms with Gasteiger partial charge >= 0.3 is 5.97 Å². The van der Waals surface area contributed by atoms with Crippen LogP contribution in [0.2, 0.25) is 0 Å². The summed E-state index contributed by atoms with van der Waals surface area (Å²) in [5, 5.41) is 17.1. The summed E-state index contributed by atoms with van der Waals surface area (Å²) in [6, 6.07) is 1.77. The number of nitrogens with one attached hydrogen (secondary N) is 1. The number of aromatic amines is 1. The smallest absolute Gasteiger partial charge is 0.354 e. The Morgan fingerprint density at radius 3 is 2.89 bits per heavy atom. The molecule has 3 aromatic rings. The molecule has 0 fully saturated rings. The van der Waals surface area contributed by atoms with Gasteiger partial charge in [0.25, 0.3) is 0 Å². The highest BCUT2D eigenvalue weighted by atomic mass is 16.4. The zero-order valence-electron chi connectivity index (χ0n) is 10.2. The highest BCUT2D eigenvalue weighted by Crippen LogP contribution is 2.20. The second-order valence-corrected chi connectivity index (χ2v) is 4.09. The fourth-order valence-electron chi connectivity index (χ4n) is 2.01. The fraction of sp³-hybridized carbons (Fsp3) is 0.182. The molecule has 8 heteroatoms. The van der Waals surface area contributed by atoms with Crippen LogP contribution in [0, 0.1) is 13.8 Å². The normalized spacial score (nSPS) is 11.1. The molecule has 0 aliphatic heterocycles. The third kappa shape index (κ3) is 1.65. The maximum atomic E-state index is 11.1. The van der Waals surface area contributed by atoms with Crippen LogP contribution in [0.25, 0.3) is 17.2 Å². The molecule has 96 valence electrons. The number of carbonyl (C=O) groups is 1. The molecule has 0 unspecified atom stereocenters. The van der Waals surface area contributed by atoms with Crippen LogP contribution in [0.4, 0.5) is 0 Å². The Kier molecular flexibility index (Phi) is 2.31. The van der Waals surface area contributed by atoms with Crippen LogP contribution in [0.1, 0.15) is 22.0 Å². The van der Waals surface area contributed by atoms with E-state index in [1.165, 1.54) is 6.33 Å². The van der Waals surface area contributed by atoms with Gasteiger partial charge in [-0.1, -0.05) is 0 Å². The molecular formula is C11H10N6O2. The van der Waals surface area contributed by atoms with Gasteiger partial charge in [-0.25, -0.2) is 14.8 Å². The third-order valence-corrected chi connectivity index (χ3v) is 2.75. The lowest BCUT2D eigenvalue weighted by Gasteiger charge is -2.03. The number of carboxylic acids is 1. The minimum absolute atomic E-state index is 0.0192. The first-order chi connectivity index (χ1) is 9.08. The second kappa shape index (κ2) is 3.87. The van der Waals surface area contributed by atoms with Crippen LogP contribution >= 0.6 is 0 Å². The van der Waals surface area contributed by atoms with Gasteiger partial charge in [-0.2, -0.15) is 0 Å². The van der Waals surface area contributed by atoms with Gasteiger partial charge in [0.2, 0.25) is 0 Å². The minimum Gasteiger partial charge on any atom is -0.477 e. The average molecular weight is 258 g/mol. The van der Waals surface area contributed by atoms with Gasteiger partial charge in [0.1, 0.15) is 11.5 Å². The summed E-state index contributed by atoms with van der Waals surface area (Å²) in [4.78, 5) is 22.0. The minimum atomic E-state index is -1.10. The van der Waals surface area contributed by atoms with Gasteiger partial charge in [-0.3, -0.25) is 4.40 Å². The van der Waals surface area contributed by atoms with E-state index in [4.69, 9.17) is 5.11 Å². The number of nitrogens with zero attached hydrogens (tertiary/aromatic N) is 5. The van der Waals surface area contributed by atoms with Crippen LogP contribution in [-0.4, -0.2) is 40.6 Å². The van der Waals surface area contributed by atoms with Crippen molar-refractivity contribution in [1.82, 2.24) is 29.5 Å². The molecule has 0 saturated carbocycles. The molecule has 0 aliphatic rings. The van der Waals surface area contributed by atoms with Gasteiger partial charge in [0.05, 0.1) is 6.33 Å². The lowest BCUT2D eigenvalue weighted by molar-refractivity contribution is 0.0692. The van der Waals surface area contributed by atoms with E-state index >= 15 is 0 Å². The van der Waals surface area contributed by atoms with Crippen LogP contribution in [-0.2, 0) is 0 Å².